The number of nitrogens with zero attached hydrogens (tertiary/aromatic N) is 12. The molecule has 0 atom stereocenters. The number of anilines is 16. The molecule has 4 heterocycles. The van der Waals surface area contributed by atoms with Crippen LogP contribution < -0.4 is 63.8 Å². The summed E-state index contributed by atoms with van der Waals surface area (Å²) in [6, 6.07) is 34.1. The van der Waals surface area contributed by atoms with Crippen molar-refractivity contribution < 1.29 is 0 Å². The van der Waals surface area contributed by atoms with Gasteiger partial charge in [-0.15, -0.1) is 0 Å². The lowest BCUT2D eigenvalue weighted by atomic mass is 9.65. The van der Waals surface area contributed by atoms with Gasteiger partial charge in [0.25, 0.3) is 0 Å². The molecule has 0 aliphatic heterocycles. The fourth-order valence-corrected chi connectivity index (χ4v) is 10.1. The van der Waals surface area contributed by atoms with Crippen molar-refractivity contribution >= 4 is 94.1 Å². The Hall–Kier alpha value is -9.48. The predicted octanol–water partition coefficient (Wildman–Crippen LogP) is 15.5. The largest absolute Gasteiger partial charge is 0.354 e. The Bertz CT molecular complexity index is 2870. The van der Waals surface area contributed by atoms with E-state index in [1.165, 1.54) is 0 Å². The quantitative estimate of drug-likeness (QED) is 0.0125. The second-order valence-electron chi connectivity index (χ2n) is 23.0. The molecule has 93 heavy (non-hydrogen) atoms. The summed E-state index contributed by atoms with van der Waals surface area (Å²) >= 11 is 0. The first-order valence-electron chi connectivity index (χ1n) is 34.1. The lowest BCUT2D eigenvalue weighted by Gasteiger charge is -2.37. The smallest absolute Gasteiger partial charge is 0.233 e. The van der Waals surface area contributed by atoms with Crippen molar-refractivity contribution in [3.05, 3.63) is 119 Å². The highest BCUT2D eigenvalue weighted by Crippen LogP contribution is 2.47. The molecule has 0 unspecified atom stereocenters. The van der Waals surface area contributed by atoms with Gasteiger partial charge in [-0.3, -0.25) is 0 Å². The number of hydrogen-bond donors (Lipinski definition) is 12. The maximum absolute atomic E-state index is 4.82. The Morgan fingerprint density at radius 3 is 0.484 bits per heavy atom. The third-order valence-electron chi connectivity index (χ3n) is 15.3. The molecule has 0 saturated carbocycles. The second kappa shape index (κ2) is 37.8. The van der Waals surface area contributed by atoms with Gasteiger partial charge in [-0.25, -0.2) is 0 Å². The highest BCUT2D eigenvalue weighted by atomic mass is 15.3. The van der Waals surface area contributed by atoms with Gasteiger partial charge in [0.2, 0.25) is 71.4 Å². The van der Waals surface area contributed by atoms with Crippen LogP contribution in [-0.4, -0.2) is 112 Å². The van der Waals surface area contributed by atoms with E-state index in [9.17, 15) is 0 Å². The second-order valence-corrected chi connectivity index (χ2v) is 23.0. The molecule has 0 aliphatic rings. The summed E-state index contributed by atoms with van der Waals surface area (Å²) in [7, 11) is 0. The van der Waals surface area contributed by atoms with E-state index in [0.717, 1.165) is 200 Å². The van der Waals surface area contributed by atoms with Crippen molar-refractivity contribution in [2.24, 2.45) is 0 Å². The molecule has 0 aliphatic carbocycles. The Balaban J connectivity index is 1.25. The molecule has 24 heteroatoms. The molecule has 8 aromatic rings. The number of benzene rings is 4. The van der Waals surface area contributed by atoms with Crippen molar-refractivity contribution in [2.45, 2.75) is 164 Å². The number of rotatable bonds is 44. The van der Waals surface area contributed by atoms with Gasteiger partial charge in [0, 0.05) is 75.1 Å². The lowest BCUT2D eigenvalue weighted by Crippen LogP contribution is -2.31. The summed E-state index contributed by atoms with van der Waals surface area (Å²) in [5, 5.41) is 41.3. The maximum atomic E-state index is 4.82. The zero-order valence-electron chi connectivity index (χ0n) is 56.1. The van der Waals surface area contributed by atoms with E-state index in [2.05, 4.69) is 216 Å². The van der Waals surface area contributed by atoms with Gasteiger partial charge in [-0.05, 0) is 122 Å². The van der Waals surface area contributed by atoms with Crippen LogP contribution in [0.25, 0.3) is 0 Å². The highest BCUT2D eigenvalue weighted by molar-refractivity contribution is 5.69. The fraction of sp³-hybridized carbons (Fsp3) is 0.478. The zero-order chi connectivity index (χ0) is 65.3. The number of hydrogen-bond acceptors (Lipinski definition) is 24. The summed E-state index contributed by atoms with van der Waals surface area (Å²) in [5.74, 6) is 5.83. The molecule has 0 radical (unpaired) electrons. The van der Waals surface area contributed by atoms with Gasteiger partial charge in [0.15, 0.2) is 0 Å². The Kier molecular flexibility index (Phi) is 28.2. The van der Waals surface area contributed by atoms with Gasteiger partial charge in [-0.1, -0.05) is 155 Å². The van der Waals surface area contributed by atoms with Crippen LogP contribution in [0.2, 0.25) is 0 Å². The molecule has 4 aromatic heterocycles. The summed E-state index contributed by atoms with van der Waals surface area (Å²) in [6.45, 7) is 23.4. The Morgan fingerprint density at radius 2 is 0.344 bits per heavy atom. The zero-order valence-corrected chi connectivity index (χ0v) is 56.1. The fourth-order valence-electron chi connectivity index (χ4n) is 10.1. The van der Waals surface area contributed by atoms with Gasteiger partial charge in [-0.2, -0.15) is 59.8 Å². The van der Waals surface area contributed by atoms with E-state index in [-0.39, 0.29) is 0 Å². The standard InChI is InChI=1S/C69H100N24/c1-9-17-41-70-57-82-58(71-42-18-10-2)87-65(86-57)78-53-33-25-49(26-34-53)69(50-27-35-54(36-28-50)79-66-88-59(72-43-19-11-3)83-60(89-66)73-44-20-12-4,51-29-37-55(38-30-51)80-67-90-61(74-45-21-13-5)84-62(91-67)75-46-22-14-6)52-31-39-56(40-32-52)81-68-92-63(76-47-23-15-7)85-64(93-68)77-48-24-16-8/h25-40H,9-24,41-48H2,1-8H3,(H3,70,71,78,82,86,87)(H3,72,73,79,83,88,89)(H3,74,75,80,84,90,91)(H3,76,77,81,85,92,93). The molecule has 0 bridgehead atoms. The molecule has 8 rings (SSSR count). The first-order chi connectivity index (χ1) is 45.7. The molecule has 4 aromatic carbocycles. The topological polar surface area (TPSA) is 299 Å². The van der Waals surface area contributed by atoms with E-state index in [1.807, 2.05) is 0 Å². The molecule has 0 spiro atoms. The van der Waals surface area contributed by atoms with Gasteiger partial charge < -0.3 is 63.8 Å². The molecule has 496 valence electrons. The minimum absolute atomic E-state index is 0.430. The van der Waals surface area contributed by atoms with Crippen LogP contribution >= 0.6 is 0 Å². The average molecular weight is 1270 g/mol. The van der Waals surface area contributed by atoms with E-state index in [1.54, 1.807) is 0 Å². The first kappa shape index (κ1) is 69.4. The molecular weight excluding hydrogens is 1160 g/mol. The van der Waals surface area contributed by atoms with Crippen LogP contribution in [0, 0.1) is 0 Å². The predicted molar refractivity (Wildman–Crippen MR) is 384 cm³/mol. The molecule has 12 N–H and O–H groups in total. The molecular formula is C69H100N24. The lowest BCUT2D eigenvalue weighted by molar-refractivity contribution is 0.745. The van der Waals surface area contributed by atoms with Crippen molar-refractivity contribution in [2.75, 3.05) is 116 Å². The van der Waals surface area contributed by atoms with Gasteiger partial charge in [0.05, 0.1) is 5.41 Å². The normalized spacial score (nSPS) is 11.2. The number of nitrogens with one attached hydrogen (secondary N) is 12. The SMILES string of the molecule is CCCCNc1nc(NCCCC)nc(Nc2ccc(C(c3ccc(Nc4nc(NCCCC)nc(NCCCC)n4)cc3)(c3ccc(Nc4nc(NCCCC)nc(NCCCC)n4)cc3)c3ccc(Nc4nc(NCCCC)nc(NCCCC)n4)cc3)cc2)n1. The van der Waals surface area contributed by atoms with Crippen molar-refractivity contribution in [1.29, 1.82) is 0 Å². The van der Waals surface area contributed by atoms with Gasteiger partial charge >= 0.3 is 0 Å². The van der Waals surface area contributed by atoms with Crippen molar-refractivity contribution in [3.8, 4) is 0 Å². The third-order valence-corrected chi connectivity index (χ3v) is 15.3. The Morgan fingerprint density at radius 1 is 0.204 bits per heavy atom. The summed E-state index contributed by atoms with van der Waals surface area (Å²) in [4.78, 5) is 57.5. The summed E-state index contributed by atoms with van der Waals surface area (Å²) in [5.41, 5.74) is 6.21. The molecule has 24 nitrogen and oxygen atoms in total. The summed E-state index contributed by atoms with van der Waals surface area (Å²) in [6.07, 6.45) is 16.3. The summed E-state index contributed by atoms with van der Waals surface area (Å²) < 4.78 is 0. The van der Waals surface area contributed by atoms with Crippen LogP contribution in [0.5, 0.6) is 0 Å². The van der Waals surface area contributed by atoms with E-state index >= 15 is 0 Å². The molecule has 0 saturated heterocycles. The molecule has 0 fully saturated rings. The average Bonchev–Trinajstić information content (AvgIpc) is 0.736. The van der Waals surface area contributed by atoms with E-state index in [4.69, 9.17) is 59.8 Å². The van der Waals surface area contributed by atoms with E-state index in [0.29, 0.717) is 71.4 Å². The highest BCUT2D eigenvalue weighted by Gasteiger charge is 2.39. The van der Waals surface area contributed by atoms with Crippen LogP contribution in [-0.2, 0) is 5.41 Å². The third kappa shape index (κ3) is 21.3. The van der Waals surface area contributed by atoms with Crippen molar-refractivity contribution in [1.82, 2.24) is 59.8 Å². The Labute approximate surface area is 550 Å². The monoisotopic (exact) mass is 1260 g/mol. The van der Waals surface area contributed by atoms with Crippen LogP contribution in [0.15, 0.2) is 97.1 Å². The number of unbranched alkanes of at least 4 members (excludes halogenated alkanes) is 8. The van der Waals surface area contributed by atoms with E-state index < -0.39 is 5.41 Å². The molecule has 0 amide bonds. The number of aromatic nitrogens is 12. The minimum atomic E-state index is -0.951. The van der Waals surface area contributed by atoms with Crippen LogP contribution in [0.4, 0.5) is 94.1 Å². The maximum Gasteiger partial charge on any atom is 0.233 e. The first-order valence-corrected chi connectivity index (χ1v) is 34.1. The van der Waals surface area contributed by atoms with Crippen LogP contribution in [0.1, 0.15) is 180 Å². The van der Waals surface area contributed by atoms with Crippen LogP contribution in [0.3, 0.4) is 0 Å². The van der Waals surface area contributed by atoms with Crippen molar-refractivity contribution in [3.63, 3.8) is 0 Å². The minimum Gasteiger partial charge on any atom is -0.354 e. The van der Waals surface area contributed by atoms with Gasteiger partial charge in [0.1, 0.15) is 0 Å².